The van der Waals surface area contributed by atoms with Crippen LogP contribution in [0.3, 0.4) is 0 Å². The predicted octanol–water partition coefficient (Wildman–Crippen LogP) is 5.03. The zero-order valence-corrected chi connectivity index (χ0v) is 17.9. The van der Waals surface area contributed by atoms with E-state index >= 15 is 0 Å². The predicted molar refractivity (Wildman–Crippen MR) is 113 cm³/mol. The van der Waals surface area contributed by atoms with Crippen molar-refractivity contribution in [3.63, 3.8) is 0 Å². The molecule has 0 bridgehead atoms. The average Bonchev–Trinajstić information content (AvgIpc) is 3.14. The van der Waals surface area contributed by atoms with E-state index in [0.717, 1.165) is 6.07 Å². The Hall–Kier alpha value is -2.95. The third kappa shape index (κ3) is 4.39. The van der Waals surface area contributed by atoms with Gasteiger partial charge in [0.2, 0.25) is 5.76 Å². The average molecular weight is 509 g/mol. The lowest BCUT2D eigenvalue weighted by atomic mass is 9.96. The number of hydrogen-bond donors (Lipinski definition) is 0. The second kappa shape index (κ2) is 7.82. The molecule has 0 amide bonds. The van der Waals surface area contributed by atoms with Crippen LogP contribution in [0.1, 0.15) is 31.3 Å². The van der Waals surface area contributed by atoms with Crippen LogP contribution in [0.15, 0.2) is 56.3 Å². The summed E-state index contributed by atoms with van der Waals surface area (Å²) in [5, 5.41) is 11.7. The van der Waals surface area contributed by atoms with Gasteiger partial charge < -0.3 is 13.6 Å². The molecule has 0 aliphatic rings. The highest BCUT2D eigenvalue weighted by Gasteiger charge is 2.32. The monoisotopic (exact) mass is 509 g/mol. The number of furan rings is 1. The number of carbonyl (C=O) groups excluding carboxylic acids is 1. The highest BCUT2D eigenvalue weighted by molar-refractivity contribution is 14.1. The van der Waals surface area contributed by atoms with E-state index in [0.29, 0.717) is 3.57 Å². The summed E-state index contributed by atoms with van der Waals surface area (Å²) in [4.78, 5) is 36.2. The molecule has 0 unspecified atom stereocenters. The van der Waals surface area contributed by atoms with Crippen molar-refractivity contribution < 1.29 is 23.3 Å². The van der Waals surface area contributed by atoms with Crippen LogP contribution in [0.2, 0.25) is 0 Å². The molecule has 1 aromatic carbocycles. The molecule has 8 nitrogen and oxygen atoms in total. The first-order valence-corrected chi connectivity index (χ1v) is 9.55. The number of benzene rings is 1. The highest BCUT2D eigenvalue weighted by Crippen LogP contribution is 2.42. The van der Waals surface area contributed by atoms with E-state index in [-0.39, 0.29) is 28.1 Å². The summed E-state index contributed by atoms with van der Waals surface area (Å²) >= 11 is 1.93. The Kier molecular flexibility index (Phi) is 5.60. The van der Waals surface area contributed by atoms with Crippen molar-refractivity contribution >= 4 is 34.2 Å². The minimum Gasteiger partial charge on any atom is -0.464 e. The van der Waals surface area contributed by atoms with E-state index in [1.807, 2.05) is 22.6 Å². The molecule has 0 radical (unpaired) electrons. The molecule has 29 heavy (non-hydrogen) atoms. The Morgan fingerprint density at radius 3 is 2.48 bits per heavy atom. The number of nitro groups is 1. The Morgan fingerprint density at radius 1 is 1.17 bits per heavy atom. The number of halogens is 1. The number of ether oxygens (including phenoxy) is 1. The van der Waals surface area contributed by atoms with Gasteiger partial charge in [-0.25, -0.2) is 9.59 Å². The summed E-state index contributed by atoms with van der Waals surface area (Å²) in [7, 11) is 0. The summed E-state index contributed by atoms with van der Waals surface area (Å²) in [5.41, 5.74) is -1.54. The van der Waals surface area contributed by atoms with E-state index in [9.17, 15) is 19.7 Å². The SMILES string of the molecule is CC(C)(C)OC(=O)c1oc(=O)cc(-c2ccco2)c1-c1c(I)cccc1[N+](=O)[O-]. The Morgan fingerprint density at radius 2 is 1.90 bits per heavy atom. The van der Waals surface area contributed by atoms with Crippen LogP contribution in [-0.4, -0.2) is 16.5 Å². The molecule has 0 atom stereocenters. The van der Waals surface area contributed by atoms with Gasteiger partial charge in [-0.2, -0.15) is 0 Å². The Labute approximate surface area is 178 Å². The number of nitro benzene ring substituents is 1. The maximum absolute atomic E-state index is 12.9. The molecular weight excluding hydrogens is 493 g/mol. The van der Waals surface area contributed by atoms with E-state index in [1.165, 1.54) is 18.4 Å². The molecular formula is C20H16INO7. The summed E-state index contributed by atoms with van der Waals surface area (Å²) in [5.74, 6) is -1.08. The summed E-state index contributed by atoms with van der Waals surface area (Å²) in [6.45, 7) is 4.98. The van der Waals surface area contributed by atoms with Gasteiger partial charge >= 0.3 is 11.6 Å². The van der Waals surface area contributed by atoms with Crippen molar-refractivity contribution in [1.29, 1.82) is 0 Å². The molecule has 0 fully saturated rings. The number of carbonyl (C=O) groups is 1. The van der Waals surface area contributed by atoms with Crippen LogP contribution in [0.5, 0.6) is 0 Å². The van der Waals surface area contributed by atoms with Gasteiger partial charge in [0.15, 0.2) is 0 Å². The van der Waals surface area contributed by atoms with Crippen LogP contribution < -0.4 is 5.63 Å². The molecule has 0 saturated heterocycles. The van der Waals surface area contributed by atoms with Gasteiger partial charge in [-0.1, -0.05) is 6.07 Å². The molecule has 0 saturated carbocycles. The van der Waals surface area contributed by atoms with Crippen molar-refractivity contribution in [3.8, 4) is 22.5 Å². The summed E-state index contributed by atoms with van der Waals surface area (Å²) in [6.07, 6.45) is 1.39. The first-order valence-electron chi connectivity index (χ1n) is 8.47. The fraction of sp³-hybridized carbons (Fsp3) is 0.200. The lowest BCUT2D eigenvalue weighted by molar-refractivity contribution is -0.384. The normalized spacial score (nSPS) is 11.3. The molecule has 2 aromatic heterocycles. The van der Waals surface area contributed by atoms with Crippen molar-refractivity contribution in [2.75, 3.05) is 0 Å². The minimum absolute atomic E-state index is 0.0606. The van der Waals surface area contributed by atoms with Crippen LogP contribution in [0, 0.1) is 13.7 Å². The Balaban J connectivity index is 2.43. The number of rotatable bonds is 4. The lowest BCUT2D eigenvalue weighted by Gasteiger charge is -2.20. The third-order valence-corrected chi connectivity index (χ3v) is 4.67. The first kappa shape index (κ1) is 20.8. The van der Waals surface area contributed by atoms with Gasteiger partial charge in [0.25, 0.3) is 5.69 Å². The van der Waals surface area contributed by atoms with Crippen LogP contribution in [0.4, 0.5) is 5.69 Å². The van der Waals surface area contributed by atoms with Crippen LogP contribution in [-0.2, 0) is 4.74 Å². The van der Waals surface area contributed by atoms with E-state index in [1.54, 1.807) is 39.0 Å². The molecule has 3 aromatic rings. The standard InChI is InChI=1S/C20H16INO7/c1-20(2,3)29-19(24)18-16(17-12(21)6-4-7-13(17)22(25)26)11(10-15(23)28-18)14-8-5-9-27-14/h4-10H,1-3H3. The number of nitrogens with zero attached hydrogens (tertiary/aromatic N) is 1. The van der Waals surface area contributed by atoms with Crippen molar-refractivity contribution in [2.45, 2.75) is 26.4 Å². The third-order valence-electron chi connectivity index (χ3n) is 3.77. The maximum atomic E-state index is 12.9. The molecule has 0 N–H and O–H groups in total. The minimum atomic E-state index is -0.910. The maximum Gasteiger partial charge on any atom is 0.375 e. The zero-order chi connectivity index (χ0) is 21.3. The van der Waals surface area contributed by atoms with Gasteiger partial charge in [-0.3, -0.25) is 10.1 Å². The smallest absolute Gasteiger partial charge is 0.375 e. The van der Waals surface area contributed by atoms with Crippen molar-refractivity contribution in [3.05, 3.63) is 72.5 Å². The lowest BCUT2D eigenvalue weighted by Crippen LogP contribution is -2.25. The van der Waals surface area contributed by atoms with Gasteiger partial charge in [-0.05, 0) is 61.6 Å². The van der Waals surface area contributed by atoms with E-state index in [2.05, 4.69) is 0 Å². The molecule has 2 heterocycles. The number of hydrogen-bond acceptors (Lipinski definition) is 7. The molecule has 3 rings (SSSR count). The largest absolute Gasteiger partial charge is 0.464 e. The molecule has 0 aliphatic carbocycles. The van der Waals surface area contributed by atoms with Gasteiger partial charge in [-0.15, -0.1) is 0 Å². The van der Waals surface area contributed by atoms with Gasteiger partial charge in [0.1, 0.15) is 11.4 Å². The quantitative estimate of drug-likeness (QED) is 0.210. The zero-order valence-electron chi connectivity index (χ0n) is 15.7. The first-order chi connectivity index (χ1) is 13.6. The topological polar surface area (TPSA) is 113 Å². The van der Waals surface area contributed by atoms with Gasteiger partial charge in [0, 0.05) is 21.3 Å². The van der Waals surface area contributed by atoms with Crippen molar-refractivity contribution in [1.82, 2.24) is 0 Å². The Bertz CT molecular complexity index is 1140. The van der Waals surface area contributed by atoms with E-state index in [4.69, 9.17) is 13.6 Å². The van der Waals surface area contributed by atoms with Crippen molar-refractivity contribution in [2.24, 2.45) is 0 Å². The highest BCUT2D eigenvalue weighted by atomic mass is 127. The fourth-order valence-electron chi connectivity index (χ4n) is 2.75. The van der Waals surface area contributed by atoms with Gasteiger partial charge in [0.05, 0.1) is 22.3 Å². The molecule has 0 spiro atoms. The summed E-state index contributed by atoms with van der Waals surface area (Å²) < 4.78 is 16.5. The second-order valence-corrected chi connectivity index (χ2v) is 8.22. The molecule has 9 heteroatoms. The number of esters is 1. The van der Waals surface area contributed by atoms with Crippen LogP contribution >= 0.6 is 22.6 Å². The summed E-state index contributed by atoms with van der Waals surface area (Å²) in [6, 6.07) is 8.81. The van der Waals surface area contributed by atoms with Crippen LogP contribution in [0.25, 0.3) is 22.5 Å². The fourth-order valence-corrected chi connectivity index (χ4v) is 3.50. The molecule has 0 aliphatic heterocycles. The second-order valence-electron chi connectivity index (χ2n) is 7.05. The van der Waals surface area contributed by atoms with E-state index < -0.39 is 27.9 Å². The molecule has 150 valence electrons.